The summed E-state index contributed by atoms with van der Waals surface area (Å²) in [7, 11) is 0. The second kappa shape index (κ2) is 6.78. The minimum Gasteiger partial charge on any atom is -0.391 e. The highest BCUT2D eigenvalue weighted by molar-refractivity contribution is 9.10. The van der Waals surface area contributed by atoms with Crippen LogP contribution in [0.2, 0.25) is 5.02 Å². The molecule has 20 heavy (non-hydrogen) atoms. The second-order valence-corrected chi connectivity index (χ2v) is 7.48. The molecule has 0 spiro atoms. The fourth-order valence-corrected chi connectivity index (χ4v) is 3.58. The van der Waals surface area contributed by atoms with Crippen molar-refractivity contribution in [2.24, 2.45) is 0 Å². The summed E-state index contributed by atoms with van der Waals surface area (Å²) in [6.45, 7) is 6.43. The molecule has 0 saturated carbocycles. The highest BCUT2D eigenvalue weighted by atomic mass is 79.9. The van der Waals surface area contributed by atoms with Gasteiger partial charge in [0.2, 0.25) is 0 Å². The first-order chi connectivity index (χ1) is 9.41. The molecule has 1 N–H and O–H groups in total. The van der Waals surface area contributed by atoms with Crippen LogP contribution in [0.1, 0.15) is 38.7 Å². The monoisotopic (exact) mass is 359 g/mol. The molecule has 0 bridgehead atoms. The van der Waals surface area contributed by atoms with Crippen LogP contribution in [-0.2, 0) is 6.42 Å². The summed E-state index contributed by atoms with van der Waals surface area (Å²) in [5.41, 5.74) is 0.795. The Balaban J connectivity index is 2.07. The van der Waals surface area contributed by atoms with E-state index in [4.69, 9.17) is 11.6 Å². The maximum Gasteiger partial charge on any atom is 0.0759 e. The van der Waals surface area contributed by atoms with Gasteiger partial charge in [-0.05, 0) is 57.5 Å². The molecule has 112 valence electrons. The number of aliphatic hydroxyl groups excluding tert-OH is 1. The quantitative estimate of drug-likeness (QED) is 0.866. The minimum absolute atomic E-state index is 0.211. The van der Waals surface area contributed by atoms with E-state index in [9.17, 15) is 5.11 Å². The van der Waals surface area contributed by atoms with E-state index in [0.29, 0.717) is 11.4 Å². The average Bonchev–Trinajstić information content (AvgIpc) is 2.42. The molecule has 0 aromatic heterocycles. The van der Waals surface area contributed by atoms with Gasteiger partial charge in [-0.2, -0.15) is 0 Å². The van der Waals surface area contributed by atoms with Crippen LogP contribution in [0.4, 0.5) is 0 Å². The molecule has 1 aromatic rings. The van der Waals surface area contributed by atoms with Crippen LogP contribution in [0.5, 0.6) is 0 Å². The Labute approximate surface area is 135 Å². The number of piperidine rings is 1. The third-order valence-corrected chi connectivity index (χ3v) is 5.26. The van der Waals surface area contributed by atoms with E-state index < -0.39 is 6.10 Å². The molecular formula is C16H23BrClNO. The normalized spacial score (nSPS) is 19.1. The first kappa shape index (κ1) is 16.3. The van der Waals surface area contributed by atoms with E-state index in [1.54, 1.807) is 0 Å². The summed E-state index contributed by atoms with van der Waals surface area (Å²) in [5, 5.41) is 11.4. The fraction of sp³-hybridized carbons (Fsp3) is 0.625. The fourth-order valence-electron chi connectivity index (χ4n) is 2.83. The molecule has 1 aromatic carbocycles. The molecule has 1 heterocycles. The number of hydrogen-bond donors (Lipinski definition) is 1. The second-order valence-electron chi connectivity index (χ2n) is 6.16. The summed E-state index contributed by atoms with van der Waals surface area (Å²) >= 11 is 9.66. The first-order valence-corrected chi connectivity index (χ1v) is 8.45. The largest absolute Gasteiger partial charge is 0.391 e. The van der Waals surface area contributed by atoms with Crippen molar-refractivity contribution in [1.29, 1.82) is 0 Å². The molecule has 1 aliphatic rings. The Morgan fingerprint density at radius 1 is 1.30 bits per heavy atom. The van der Waals surface area contributed by atoms with E-state index in [1.807, 2.05) is 18.2 Å². The Bertz CT molecular complexity index is 458. The number of benzene rings is 1. The van der Waals surface area contributed by atoms with Gasteiger partial charge < -0.3 is 5.11 Å². The zero-order chi connectivity index (χ0) is 14.8. The minimum atomic E-state index is -0.417. The van der Waals surface area contributed by atoms with Crippen molar-refractivity contribution in [1.82, 2.24) is 4.90 Å². The van der Waals surface area contributed by atoms with Crippen LogP contribution >= 0.6 is 27.5 Å². The van der Waals surface area contributed by atoms with Crippen molar-refractivity contribution < 1.29 is 5.11 Å². The van der Waals surface area contributed by atoms with Gasteiger partial charge >= 0.3 is 0 Å². The van der Waals surface area contributed by atoms with Crippen LogP contribution in [0, 0.1) is 0 Å². The van der Waals surface area contributed by atoms with Gasteiger partial charge in [0.15, 0.2) is 0 Å². The number of nitrogens with zero attached hydrogens (tertiary/aromatic N) is 1. The number of likely N-dealkylation sites (tertiary alicyclic amines) is 1. The van der Waals surface area contributed by atoms with Gasteiger partial charge in [0.05, 0.1) is 6.10 Å². The average molecular weight is 361 g/mol. The van der Waals surface area contributed by atoms with Gasteiger partial charge in [-0.1, -0.05) is 40.0 Å². The Hall–Kier alpha value is -0.0900. The van der Waals surface area contributed by atoms with Crippen LogP contribution in [0.25, 0.3) is 0 Å². The number of rotatable bonds is 4. The van der Waals surface area contributed by atoms with E-state index in [1.165, 1.54) is 19.3 Å². The molecule has 1 atom stereocenters. The van der Waals surface area contributed by atoms with Gasteiger partial charge in [0, 0.05) is 21.5 Å². The lowest BCUT2D eigenvalue weighted by Gasteiger charge is -2.44. The molecular weight excluding hydrogens is 338 g/mol. The Kier molecular flexibility index (Phi) is 5.52. The number of hydrogen-bond acceptors (Lipinski definition) is 2. The maximum atomic E-state index is 10.7. The van der Waals surface area contributed by atoms with E-state index in [-0.39, 0.29) is 5.54 Å². The highest BCUT2D eigenvalue weighted by Crippen LogP contribution is 2.28. The van der Waals surface area contributed by atoms with Crippen molar-refractivity contribution in [2.45, 2.75) is 51.2 Å². The van der Waals surface area contributed by atoms with Crippen molar-refractivity contribution in [2.75, 3.05) is 13.1 Å². The molecule has 1 unspecified atom stereocenters. The van der Waals surface area contributed by atoms with Crippen LogP contribution in [-0.4, -0.2) is 34.7 Å². The number of aliphatic hydroxyl groups is 1. The van der Waals surface area contributed by atoms with E-state index in [2.05, 4.69) is 34.7 Å². The van der Waals surface area contributed by atoms with Crippen LogP contribution in [0.3, 0.4) is 0 Å². The van der Waals surface area contributed by atoms with Gasteiger partial charge in [0.1, 0.15) is 0 Å². The van der Waals surface area contributed by atoms with E-state index in [0.717, 1.165) is 23.1 Å². The van der Waals surface area contributed by atoms with Gasteiger partial charge in [-0.25, -0.2) is 0 Å². The number of halogens is 2. The van der Waals surface area contributed by atoms with Crippen molar-refractivity contribution >= 4 is 27.5 Å². The molecule has 1 aliphatic heterocycles. The molecule has 0 amide bonds. The molecule has 1 saturated heterocycles. The van der Waals surface area contributed by atoms with Gasteiger partial charge in [-0.3, -0.25) is 4.90 Å². The Morgan fingerprint density at radius 3 is 2.55 bits per heavy atom. The highest BCUT2D eigenvalue weighted by Gasteiger charge is 2.35. The summed E-state index contributed by atoms with van der Waals surface area (Å²) in [6.07, 6.45) is 3.94. The molecule has 2 nitrogen and oxygen atoms in total. The smallest absolute Gasteiger partial charge is 0.0759 e. The topological polar surface area (TPSA) is 23.5 Å². The summed E-state index contributed by atoms with van der Waals surface area (Å²) in [5.74, 6) is 0. The first-order valence-electron chi connectivity index (χ1n) is 7.28. The molecule has 0 radical (unpaired) electrons. The predicted octanol–water partition coefficient (Wildman–Crippen LogP) is 4.27. The Morgan fingerprint density at radius 2 is 1.95 bits per heavy atom. The van der Waals surface area contributed by atoms with Crippen molar-refractivity contribution in [3.05, 3.63) is 33.3 Å². The SMILES string of the molecule is CC(C)(C(O)Cc1ccc(Br)cc1Cl)N1CCCCC1. The third-order valence-electron chi connectivity index (χ3n) is 4.41. The standard InChI is InChI=1S/C16H23BrClNO/c1-16(2,19-8-4-3-5-9-19)15(20)10-12-6-7-13(17)11-14(12)18/h6-7,11,15,20H,3-5,8-10H2,1-2H3. The lowest BCUT2D eigenvalue weighted by Crippen LogP contribution is -2.54. The molecule has 4 heteroatoms. The third kappa shape index (κ3) is 3.76. The van der Waals surface area contributed by atoms with Crippen molar-refractivity contribution in [3.8, 4) is 0 Å². The summed E-state index contributed by atoms with van der Waals surface area (Å²) in [6, 6.07) is 5.85. The molecule has 0 aliphatic carbocycles. The van der Waals surface area contributed by atoms with Crippen LogP contribution < -0.4 is 0 Å². The van der Waals surface area contributed by atoms with Crippen molar-refractivity contribution in [3.63, 3.8) is 0 Å². The zero-order valence-corrected chi connectivity index (χ0v) is 14.5. The van der Waals surface area contributed by atoms with Crippen LogP contribution in [0.15, 0.2) is 22.7 Å². The van der Waals surface area contributed by atoms with Gasteiger partial charge in [0.25, 0.3) is 0 Å². The van der Waals surface area contributed by atoms with E-state index >= 15 is 0 Å². The molecule has 2 rings (SSSR count). The lowest BCUT2D eigenvalue weighted by atomic mass is 9.88. The predicted molar refractivity (Wildman–Crippen MR) is 88.4 cm³/mol. The summed E-state index contributed by atoms with van der Waals surface area (Å²) < 4.78 is 0.969. The maximum absolute atomic E-state index is 10.7. The zero-order valence-electron chi connectivity index (χ0n) is 12.2. The molecule has 1 fully saturated rings. The van der Waals surface area contributed by atoms with Gasteiger partial charge in [-0.15, -0.1) is 0 Å². The summed E-state index contributed by atoms with van der Waals surface area (Å²) in [4.78, 5) is 2.41. The lowest BCUT2D eigenvalue weighted by molar-refractivity contribution is -0.0186.